The van der Waals surface area contributed by atoms with E-state index in [2.05, 4.69) is 25.4 Å². The maximum Gasteiger partial charge on any atom is 0.315 e. The summed E-state index contributed by atoms with van der Waals surface area (Å²) in [6.07, 6.45) is 2.85. The summed E-state index contributed by atoms with van der Waals surface area (Å²) < 4.78 is 7.20. The monoisotopic (exact) mass is 315 g/mol. The standard InChI is InChI=1S/C16H21N5O2/c1-23-13-6-4-12(5-7-13)8-9-17-16(22)18-11-15-20-19-14-3-2-10-21(14)15/h4-7H,2-3,8-11H2,1H3,(H2,17,18,22). The molecule has 0 saturated heterocycles. The van der Waals surface area contributed by atoms with E-state index in [0.717, 1.165) is 48.8 Å². The van der Waals surface area contributed by atoms with Crippen molar-refractivity contribution in [1.82, 2.24) is 25.4 Å². The molecule has 2 N–H and O–H groups in total. The van der Waals surface area contributed by atoms with Gasteiger partial charge in [-0.1, -0.05) is 12.1 Å². The van der Waals surface area contributed by atoms with E-state index in [1.54, 1.807) is 7.11 Å². The van der Waals surface area contributed by atoms with Gasteiger partial charge in [0.15, 0.2) is 5.82 Å². The molecule has 1 aromatic heterocycles. The van der Waals surface area contributed by atoms with E-state index in [1.165, 1.54) is 0 Å². The minimum Gasteiger partial charge on any atom is -0.497 e. The molecule has 2 heterocycles. The largest absolute Gasteiger partial charge is 0.497 e. The van der Waals surface area contributed by atoms with E-state index in [1.807, 2.05) is 24.3 Å². The second-order valence-corrected chi connectivity index (χ2v) is 5.50. The maximum atomic E-state index is 11.8. The third-order valence-electron chi connectivity index (χ3n) is 3.95. The van der Waals surface area contributed by atoms with Gasteiger partial charge in [-0.05, 0) is 30.5 Å². The lowest BCUT2D eigenvalue weighted by atomic mass is 10.1. The fourth-order valence-electron chi connectivity index (χ4n) is 2.68. The molecule has 0 unspecified atom stereocenters. The van der Waals surface area contributed by atoms with Gasteiger partial charge in [-0.15, -0.1) is 10.2 Å². The van der Waals surface area contributed by atoms with Crippen LogP contribution in [0.1, 0.15) is 23.6 Å². The molecular weight excluding hydrogens is 294 g/mol. The van der Waals surface area contributed by atoms with Crippen LogP contribution < -0.4 is 15.4 Å². The first kappa shape index (κ1) is 15.3. The SMILES string of the molecule is COc1ccc(CCNC(=O)NCc2nnc3n2CCC3)cc1. The van der Waals surface area contributed by atoms with Gasteiger partial charge in [0.25, 0.3) is 0 Å². The molecule has 122 valence electrons. The lowest BCUT2D eigenvalue weighted by molar-refractivity contribution is 0.240. The Morgan fingerprint density at radius 2 is 2.09 bits per heavy atom. The zero-order chi connectivity index (χ0) is 16.1. The van der Waals surface area contributed by atoms with Crippen molar-refractivity contribution in [2.75, 3.05) is 13.7 Å². The number of carbonyl (C=O) groups is 1. The Hall–Kier alpha value is -2.57. The molecule has 23 heavy (non-hydrogen) atoms. The maximum absolute atomic E-state index is 11.8. The Balaban J connectivity index is 1.39. The Morgan fingerprint density at radius 3 is 2.87 bits per heavy atom. The van der Waals surface area contributed by atoms with Crippen LogP contribution in [0.2, 0.25) is 0 Å². The van der Waals surface area contributed by atoms with Crippen LogP contribution in [0.25, 0.3) is 0 Å². The first-order chi connectivity index (χ1) is 11.3. The number of hydrogen-bond donors (Lipinski definition) is 2. The first-order valence-corrected chi connectivity index (χ1v) is 7.82. The molecule has 2 aromatic rings. The lowest BCUT2D eigenvalue weighted by Gasteiger charge is -2.08. The number of aromatic nitrogens is 3. The number of rotatable bonds is 6. The number of benzene rings is 1. The average Bonchev–Trinajstić information content (AvgIpc) is 3.17. The summed E-state index contributed by atoms with van der Waals surface area (Å²) in [5, 5.41) is 13.9. The van der Waals surface area contributed by atoms with Crippen molar-refractivity contribution in [2.45, 2.75) is 32.4 Å². The molecule has 7 nitrogen and oxygen atoms in total. The van der Waals surface area contributed by atoms with Crippen LogP contribution in [0.5, 0.6) is 5.75 Å². The summed E-state index contributed by atoms with van der Waals surface area (Å²) in [6, 6.07) is 7.65. The van der Waals surface area contributed by atoms with Gasteiger partial charge in [-0.2, -0.15) is 0 Å². The highest BCUT2D eigenvalue weighted by Gasteiger charge is 2.17. The number of carbonyl (C=O) groups excluding carboxylic acids is 1. The van der Waals surface area contributed by atoms with Crippen molar-refractivity contribution in [2.24, 2.45) is 0 Å². The van der Waals surface area contributed by atoms with Crippen molar-refractivity contribution in [3.8, 4) is 5.75 Å². The van der Waals surface area contributed by atoms with Gasteiger partial charge in [0.05, 0.1) is 13.7 Å². The van der Waals surface area contributed by atoms with Gasteiger partial charge in [-0.3, -0.25) is 0 Å². The number of fused-ring (bicyclic) bond motifs is 1. The van der Waals surface area contributed by atoms with Crippen molar-refractivity contribution >= 4 is 6.03 Å². The van der Waals surface area contributed by atoms with Crippen LogP contribution in [0.3, 0.4) is 0 Å². The summed E-state index contributed by atoms with van der Waals surface area (Å²) in [5.74, 6) is 2.67. The second kappa shape index (κ2) is 7.13. The molecule has 2 amide bonds. The molecule has 0 radical (unpaired) electrons. The number of urea groups is 1. The lowest BCUT2D eigenvalue weighted by Crippen LogP contribution is -2.36. The van der Waals surface area contributed by atoms with Crippen LogP contribution in [0, 0.1) is 0 Å². The van der Waals surface area contributed by atoms with Gasteiger partial charge < -0.3 is 19.9 Å². The minimum absolute atomic E-state index is 0.186. The van der Waals surface area contributed by atoms with Crippen LogP contribution in [-0.4, -0.2) is 34.5 Å². The van der Waals surface area contributed by atoms with E-state index < -0.39 is 0 Å². The summed E-state index contributed by atoms with van der Waals surface area (Å²) in [5.41, 5.74) is 1.15. The van der Waals surface area contributed by atoms with Crippen molar-refractivity contribution < 1.29 is 9.53 Å². The zero-order valence-corrected chi connectivity index (χ0v) is 13.2. The highest BCUT2D eigenvalue weighted by Crippen LogP contribution is 2.13. The molecule has 0 atom stereocenters. The molecule has 0 fully saturated rings. The molecule has 1 aromatic carbocycles. The Labute approximate surface area is 135 Å². The molecule has 7 heteroatoms. The van der Waals surface area contributed by atoms with Crippen LogP contribution in [0.4, 0.5) is 4.79 Å². The number of hydrogen-bond acceptors (Lipinski definition) is 4. The van der Waals surface area contributed by atoms with E-state index in [0.29, 0.717) is 13.1 Å². The summed E-state index contributed by atoms with van der Waals surface area (Å²) >= 11 is 0. The predicted molar refractivity (Wildman–Crippen MR) is 85.3 cm³/mol. The van der Waals surface area contributed by atoms with Gasteiger partial charge in [-0.25, -0.2) is 4.79 Å². The van der Waals surface area contributed by atoms with Gasteiger partial charge in [0.1, 0.15) is 11.6 Å². The molecule has 0 saturated carbocycles. The highest BCUT2D eigenvalue weighted by molar-refractivity contribution is 5.73. The Morgan fingerprint density at radius 1 is 1.26 bits per heavy atom. The van der Waals surface area contributed by atoms with E-state index in [9.17, 15) is 4.79 Å². The smallest absolute Gasteiger partial charge is 0.315 e. The normalized spacial score (nSPS) is 12.7. The molecule has 0 aliphatic carbocycles. The quantitative estimate of drug-likeness (QED) is 0.841. The molecular formula is C16H21N5O2. The van der Waals surface area contributed by atoms with Gasteiger partial charge in [0.2, 0.25) is 0 Å². The van der Waals surface area contributed by atoms with Crippen LogP contribution >= 0.6 is 0 Å². The third kappa shape index (κ3) is 3.80. The average molecular weight is 315 g/mol. The predicted octanol–water partition coefficient (Wildman–Crippen LogP) is 1.27. The van der Waals surface area contributed by atoms with Gasteiger partial charge >= 0.3 is 6.03 Å². The molecule has 0 bridgehead atoms. The molecule has 1 aliphatic heterocycles. The number of aryl methyl sites for hydroxylation is 1. The molecule has 0 spiro atoms. The number of ether oxygens (including phenoxy) is 1. The Bertz CT molecular complexity index is 666. The fraction of sp³-hybridized carbons (Fsp3) is 0.438. The first-order valence-electron chi connectivity index (χ1n) is 7.82. The zero-order valence-electron chi connectivity index (χ0n) is 13.2. The number of methoxy groups -OCH3 is 1. The third-order valence-corrected chi connectivity index (χ3v) is 3.95. The number of nitrogens with zero attached hydrogens (tertiary/aromatic N) is 3. The summed E-state index contributed by atoms with van der Waals surface area (Å²) in [4.78, 5) is 11.8. The summed E-state index contributed by atoms with van der Waals surface area (Å²) in [6.45, 7) is 1.93. The van der Waals surface area contributed by atoms with Crippen molar-refractivity contribution in [1.29, 1.82) is 0 Å². The second-order valence-electron chi connectivity index (χ2n) is 5.50. The Kier molecular flexibility index (Phi) is 4.75. The highest BCUT2D eigenvalue weighted by atomic mass is 16.5. The summed E-state index contributed by atoms with van der Waals surface area (Å²) in [7, 11) is 1.64. The fourth-order valence-corrected chi connectivity index (χ4v) is 2.68. The van der Waals surface area contributed by atoms with Crippen molar-refractivity contribution in [3.63, 3.8) is 0 Å². The topological polar surface area (TPSA) is 81.1 Å². The van der Waals surface area contributed by atoms with Crippen LogP contribution in [0.15, 0.2) is 24.3 Å². The molecule has 3 rings (SSSR count). The number of nitrogens with one attached hydrogen (secondary N) is 2. The van der Waals surface area contributed by atoms with E-state index in [-0.39, 0.29) is 6.03 Å². The van der Waals surface area contributed by atoms with Crippen LogP contribution in [-0.2, 0) is 25.9 Å². The van der Waals surface area contributed by atoms with Gasteiger partial charge in [0, 0.05) is 19.5 Å². The number of amides is 2. The minimum atomic E-state index is -0.186. The van der Waals surface area contributed by atoms with E-state index >= 15 is 0 Å². The van der Waals surface area contributed by atoms with Crippen molar-refractivity contribution in [3.05, 3.63) is 41.5 Å². The molecule has 1 aliphatic rings. The van der Waals surface area contributed by atoms with E-state index in [4.69, 9.17) is 4.74 Å².